The number of halogens is 1. The number of benzene rings is 1. The van der Waals surface area contributed by atoms with Crippen LogP contribution in [0.3, 0.4) is 0 Å². The van der Waals surface area contributed by atoms with Gasteiger partial charge in [-0.25, -0.2) is 18.1 Å². The summed E-state index contributed by atoms with van der Waals surface area (Å²) in [4.78, 5) is 3.72. The van der Waals surface area contributed by atoms with Crippen molar-refractivity contribution in [3.8, 4) is 11.5 Å². The molecule has 0 fully saturated rings. The summed E-state index contributed by atoms with van der Waals surface area (Å²) in [5.41, 5.74) is 0.663. The van der Waals surface area contributed by atoms with Gasteiger partial charge in [0.1, 0.15) is 11.5 Å². The van der Waals surface area contributed by atoms with Crippen LogP contribution in [0.5, 0.6) is 11.5 Å². The minimum Gasteiger partial charge on any atom is -0.497 e. The molecule has 0 saturated carbocycles. The van der Waals surface area contributed by atoms with Gasteiger partial charge >= 0.3 is 0 Å². The molecule has 0 aliphatic rings. The maximum Gasteiger partial charge on any atom is 0.252 e. The second kappa shape index (κ2) is 6.61. The van der Waals surface area contributed by atoms with E-state index < -0.39 is 10.0 Å². The number of rotatable bonds is 6. The molecule has 1 N–H and O–H groups in total. The summed E-state index contributed by atoms with van der Waals surface area (Å²) in [6, 6.07) is 5.16. The van der Waals surface area contributed by atoms with Crippen LogP contribution in [-0.2, 0) is 16.6 Å². The predicted octanol–water partition coefficient (Wildman–Crippen LogP) is 2.29. The number of thiazole rings is 1. The first-order valence-corrected chi connectivity index (χ1v) is 8.46. The summed E-state index contributed by atoms with van der Waals surface area (Å²) in [5, 5.41) is 0. The highest BCUT2D eigenvalue weighted by Gasteiger charge is 2.18. The van der Waals surface area contributed by atoms with Crippen molar-refractivity contribution in [2.45, 2.75) is 10.8 Å². The molecule has 0 radical (unpaired) electrons. The van der Waals surface area contributed by atoms with Gasteiger partial charge in [-0.15, -0.1) is 0 Å². The van der Waals surface area contributed by atoms with E-state index in [0.717, 1.165) is 11.3 Å². The summed E-state index contributed by atoms with van der Waals surface area (Å²) in [5.74, 6) is 1.19. The zero-order valence-electron chi connectivity index (χ0n) is 11.3. The zero-order valence-corrected chi connectivity index (χ0v) is 13.7. The number of hydrogen-bond donors (Lipinski definition) is 1. The van der Waals surface area contributed by atoms with Crippen LogP contribution in [0.2, 0.25) is 4.47 Å². The van der Waals surface area contributed by atoms with Crippen molar-refractivity contribution in [1.29, 1.82) is 0 Å². The minimum atomic E-state index is -3.66. The minimum absolute atomic E-state index is 0.0642. The highest BCUT2D eigenvalue weighted by Crippen LogP contribution is 2.25. The molecule has 0 aliphatic carbocycles. The van der Waals surface area contributed by atoms with Gasteiger partial charge in [0.2, 0.25) is 0 Å². The molecule has 0 bridgehead atoms. The van der Waals surface area contributed by atoms with E-state index in [2.05, 4.69) is 9.71 Å². The highest BCUT2D eigenvalue weighted by molar-refractivity contribution is 7.91. The summed E-state index contributed by atoms with van der Waals surface area (Å²) in [6.07, 6.45) is 1.22. The number of methoxy groups -OCH3 is 2. The lowest BCUT2D eigenvalue weighted by Crippen LogP contribution is -2.22. The monoisotopic (exact) mass is 348 g/mol. The first-order valence-electron chi connectivity index (χ1n) is 5.78. The lowest BCUT2D eigenvalue weighted by atomic mass is 10.2. The third kappa shape index (κ3) is 3.85. The Labute approximate surface area is 131 Å². The molecule has 0 amide bonds. The lowest BCUT2D eigenvalue weighted by Gasteiger charge is -2.11. The van der Waals surface area contributed by atoms with Crippen molar-refractivity contribution in [2.24, 2.45) is 0 Å². The second-order valence-corrected chi connectivity index (χ2v) is 7.54. The largest absolute Gasteiger partial charge is 0.497 e. The Kier molecular flexibility index (Phi) is 5.04. The van der Waals surface area contributed by atoms with Crippen molar-refractivity contribution in [2.75, 3.05) is 14.2 Å². The fourth-order valence-electron chi connectivity index (χ4n) is 1.63. The van der Waals surface area contributed by atoms with Crippen LogP contribution in [0.15, 0.2) is 28.6 Å². The molecule has 1 aromatic carbocycles. The zero-order chi connectivity index (χ0) is 15.5. The van der Waals surface area contributed by atoms with E-state index in [4.69, 9.17) is 21.1 Å². The maximum absolute atomic E-state index is 12.1. The second-order valence-electron chi connectivity index (χ2n) is 3.93. The molecule has 2 aromatic rings. The van der Waals surface area contributed by atoms with Crippen LogP contribution in [0.25, 0.3) is 0 Å². The highest BCUT2D eigenvalue weighted by atomic mass is 35.5. The normalized spacial score (nSPS) is 11.4. The number of aromatic nitrogens is 1. The molecule has 1 heterocycles. The smallest absolute Gasteiger partial charge is 0.252 e. The molecular weight excluding hydrogens is 336 g/mol. The van der Waals surface area contributed by atoms with Crippen molar-refractivity contribution in [1.82, 2.24) is 9.71 Å². The molecule has 0 atom stereocenters. The van der Waals surface area contributed by atoms with E-state index in [0.29, 0.717) is 17.1 Å². The van der Waals surface area contributed by atoms with Gasteiger partial charge in [-0.2, -0.15) is 0 Å². The number of sulfonamides is 1. The lowest BCUT2D eigenvalue weighted by molar-refractivity contribution is 0.398. The summed E-state index contributed by atoms with van der Waals surface area (Å²) in [7, 11) is -0.604. The Balaban J connectivity index is 2.19. The van der Waals surface area contributed by atoms with Gasteiger partial charge in [-0.05, 0) is 18.2 Å². The third-order valence-corrected chi connectivity index (χ3v) is 5.64. The van der Waals surface area contributed by atoms with E-state index in [-0.39, 0.29) is 15.2 Å². The first kappa shape index (κ1) is 16.0. The van der Waals surface area contributed by atoms with Crippen molar-refractivity contribution in [3.05, 3.63) is 34.4 Å². The predicted molar refractivity (Wildman–Crippen MR) is 80.7 cm³/mol. The summed E-state index contributed by atoms with van der Waals surface area (Å²) >= 11 is 6.54. The van der Waals surface area contributed by atoms with Crippen molar-refractivity contribution < 1.29 is 17.9 Å². The SMILES string of the molecule is COc1ccc(OC)c(CNS(=O)(=O)c2cnc(Cl)s2)c1. The van der Waals surface area contributed by atoms with Gasteiger partial charge < -0.3 is 9.47 Å². The molecule has 1 aromatic heterocycles. The van der Waals surface area contributed by atoms with Crippen LogP contribution >= 0.6 is 22.9 Å². The molecule has 21 heavy (non-hydrogen) atoms. The summed E-state index contributed by atoms with van der Waals surface area (Å²) in [6.45, 7) is 0.0677. The van der Waals surface area contributed by atoms with Crippen LogP contribution in [0, 0.1) is 0 Å². The first-order chi connectivity index (χ1) is 9.96. The van der Waals surface area contributed by atoms with Crippen LogP contribution in [0.1, 0.15) is 5.56 Å². The fraction of sp³-hybridized carbons (Fsp3) is 0.250. The molecule has 2 rings (SSSR count). The summed E-state index contributed by atoms with van der Waals surface area (Å²) < 4.78 is 37.2. The number of hydrogen-bond acceptors (Lipinski definition) is 6. The molecular formula is C12H13ClN2O4S2. The Hall–Kier alpha value is -1.35. The standard InChI is InChI=1S/C12H13ClN2O4S2/c1-18-9-3-4-10(19-2)8(5-9)6-15-21(16,17)11-7-14-12(13)20-11/h3-5,7,15H,6H2,1-2H3. The van der Waals surface area contributed by atoms with Gasteiger partial charge in [0.15, 0.2) is 8.68 Å². The van der Waals surface area contributed by atoms with Crippen molar-refractivity contribution >= 4 is 33.0 Å². The van der Waals surface area contributed by atoms with E-state index in [1.54, 1.807) is 18.2 Å². The molecule has 0 unspecified atom stereocenters. The van der Waals surface area contributed by atoms with E-state index in [9.17, 15) is 8.42 Å². The molecule has 0 saturated heterocycles. The Morgan fingerprint density at radius 2 is 2.10 bits per heavy atom. The molecule has 114 valence electrons. The average molecular weight is 349 g/mol. The van der Waals surface area contributed by atoms with Gasteiger partial charge in [0.25, 0.3) is 10.0 Å². The average Bonchev–Trinajstić information content (AvgIpc) is 2.92. The quantitative estimate of drug-likeness (QED) is 0.866. The van der Waals surface area contributed by atoms with Gasteiger partial charge in [0, 0.05) is 12.1 Å². The van der Waals surface area contributed by atoms with Gasteiger partial charge in [-0.1, -0.05) is 22.9 Å². The number of nitrogens with one attached hydrogen (secondary N) is 1. The van der Waals surface area contributed by atoms with E-state index in [1.807, 2.05) is 0 Å². The van der Waals surface area contributed by atoms with Crippen LogP contribution in [0.4, 0.5) is 0 Å². The Bertz CT molecular complexity index is 731. The van der Waals surface area contributed by atoms with Crippen LogP contribution in [-0.4, -0.2) is 27.6 Å². The van der Waals surface area contributed by atoms with Crippen LogP contribution < -0.4 is 14.2 Å². The molecule has 9 heteroatoms. The van der Waals surface area contributed by atoms with Crippen molar-refractivity contribution in [3.63, 3.8) is 0 Å². The molecule has 0 aliphatic heterocycles. The third-order valence-electron chi connectivity index (χ3n) is 2.66. The maximum atomic E-state index is 12.1. The number of ether oxygens (including phenoxy) is 2. The number of nitrogens with zero attached hydrogens (tertiary/aromatic N) is 1. The fourth-order valence-corrected chi connectivity index (χ4v) is 3.97. The van der Waals surface area contributed by atoms with E-state index in [1.165, 1.54) is 20.4 Å². The van der Waals surface area contributed by atoms with E-state index >= 15 is 0 Å². The van der Waals surface area contributed by atoms with Gasteiger partial charge in [0.05, 0.1) is 20.4 Å². The molecule has 6 nitrogen and oxygen atoms in total. The Morgan fingerprint density at radius 3 is 2.67 bits per heavy atom. The Morgan fingerprint density at radius 1 is 1.33 bits per heavy atom. The van der Waals surface area contributed by atoms with Gasteiger partial charge in [-0.3, -0.25) is 0 Å². The topological polar surface area (TPSA) is 77.5 Å². The molecule has 0 spiro atoms.